The van der Waals surface area contributed by atoms with Gasteiger partial charge in [0.15, 0.2) is 5.13 Å². The Morgan fingerprint density at radius 2 is 1.66 bits per heavy atom. The van der Waals surface area contributed by atoms with Crippen LogP contribution >= 0.6 is 11.3 Å². The summed E-state index contributed by atoms with van der Waals surface area (Å²) < 4.78 is 60.6. The monoisotopic (exact) mass is 547 g/mol. The molecule has 5 rings (SSSR count). The van der Waals surface area contributed by atoms with Gasteiger partial charge in [0.25, 0.3) is 0 Å². The lowest BCUT2D eigenvalue weighted by atomic mass is 10.3. The van der Waals surface area contributed by atoms with Gasteiger partial charge in [-0.3, -0.25) is 4.79 Å². The molecule has 38 heavy (non-hydrogen) atoms. The summed E-state index contributed by atoms with van der Waals surface area (Å²) in [6, 6.07) is 10.5. The SMILES string of the molecule is O=C(Nc1ccc(OC(F)(F)F)cc1)Nc1cc(Oc2ccc3nc(NC(=O)C4CC4)sc3n2)ccc1F. The number of hydrogen-bond donors (Lipinski definition) is 3. The van der Waals surface area contributed by atoms with Crippen LogP contribution in [0.25, 0.3) is 10.3 Å². The molecule has 0 bridgehead atoms. The first-order chi connectivity index (χ1) is 18.1. The summed E-state index contributed by atoms with van der Waals surface area (Å²) in [7, 11) is 0. The van der Waals surface area contributed by atoms with E-state index >= 15 is 0 Å². The molecule has 4 aromatic rings. The number of carbonyl (C=O) groups is 2. The van der Waals surface area contributed by atoms with Gasteiger partial charge in [0, 0.05) is 23.7 Å². The van der Waals surface area contributed by atoms with Gasteiger partial charge in [0.1, 0.15) is 27.7 Å². The van der Waals surface area contributed by atoms with Crippen LogP contribution in [0.1, 0.15) is 12.8 Å². The molecule has 3 N–H and O–H groups in total. The molecule has 3 amide bonds. The van der Waals surface area contributed by atoms with Crippen LogP contribution in [0.4, 0.5) is 38.9 Å². The van der Waals surface area contributed by atoms with Crippen LogP contribution in [0.5, 0.6) is 17.4 Å². The van der Waals surface area contributed by atoms with E-state index in [1.165, 1.54) is 35.6 Å². The fourth-order valence-corrected chi connectivity index (χ4v) is 4.11. The summed E-state index contributed by atoms with van der Waals surface area (Å²) in [4.78, 5) is 33.5. The topological polar surface area (TPSA) is 114 Å². The Balaban J connectivity index is 1.22. The summed E-state index contributed by atoms with van der Waals surface area (Å²) in [6.45, 7) is 0. The van der Waals surface area contributed by atoms with E-state index in [-0.39, 0.29) is 34.8 Å². The second-order valence-electron chi connectivity index (χ2n) is 8.15. The highest BCUT2D eigenvalue weighted by Gasteiger charge is 2.31. The van der Waals surface area contributed by atoms with Gasteiger partial charge >= 0.3 is 12.4 Å². The molecule has 1 aliphatic rings. The number of nitrogens with one attached hydrogen (secondary N) is 3. The molecule has 1 aliphatic carbocycles. The zero-order valence-electron chi connectivity index (χ0n) is 19.1. The number of ether oxygens (including phenoxy) is 2. The van der Waals surface area contributed by atoms with E-state index in [4.69, 9.17) is 4.74 Å². The Morgan fingerprint density at radius 3 is 2.37 bits per heavy atom. The molecule has 1 fully saturated rings. The van der Waals surface area contributed by atoms with E-state index in [9.17, 15) is 27.2 Å². The molecule has 0 atom stereocenters. The summed E-state index contributed by atoms with van der Waals surface area (Å²) in [5.74, 6) is -0.871. The lowest BCUT2D eigenvalue weighted by molar-refractivity contribution is -0.274. The van der Waals surface area contributed by atoms with Gasteiger partial charge in [-0.1, -0.05) is 11.3 Å². The maximum absolute atomic E-state index is 14.3. The third kappa shape index (κ3) is 6.45. The first kappa shape index (κ1) is 25.2. The van der Waals surface area contributed by atoms with Gasteiger partial charge in [-0.2, -0.15) is 0 Å². The van der Waals surface area contributed by atoms with E-state index < -0.39 is 24.0 Å². The second kappa shape index (κ2) is 10.1. The Bertz CT molecular complexity index is 1510. The molecule has 0 unspecified atom stereocenters. The number of pyridine rings is 1. The Labute approximate surface area is 215 Å². The molecule has 0 spiro atoms. The molecular weight excluding hydrogens is 530 g/mol. The van der Waals surface area contributed by atoms with E-state index in [0.29, 0.717) is 15.5 Å². The Hall–Kier alpha value is -4.46. The number of urea groups is 1. The largest absolute Gasteiger partial charge is 0.573 e. The van der Waals surface area contributed by atoms with Crippen LogP contribution in [-0.2, 0) is 4.79 Å². The first-order valence-electron chi connectivity index (χ1n) is 11.1. The van der Waals surface area contributed by atoms with Crippen molar-refractivity contribution in [1.82, 2.24) is 9.97 Å². The first-order valence-corrected chi connectivity index (χ1v) is 11.9. The van der Waals surface area contributed by atoms with Crippen molar-refractivity contribution in [3.63, 3.8) is 0 Å². The van der Waals surface area contributed by atoms with E-state index in [1.807, 2.05) is 0 Å². The summed E-state index contributed by atoms with van der Waals surface area (Å²) in [5.41, 5.74) is 0.519. The van der Waals surface area contributed by atoms with Crippen molar-refractivity contribution in [2.24, 2.45) is 5.92 Å². The molecule has 2 aromatic heterocycles. The highest BCUT2D eigenvalue weighted by atomic mass is 32.1. The number of nitrogens with zero attached hydrogens (tertiary/aromatic N) is 2. The average Bonchev–Trinajstić information content (AvgIpc) is 3.62. The smallest absolute Gasteiger partial charge is 0.439 e. The van der Waals surface area contributed by atoms with Crippen LogP contribution < -0.4 is 25.4 Å². The van der Waals surface area contributed by atoms with Crippen LogP contribution in [0.15, 0.2) is 54.6 Å². The number of anilines is 3. The summed E-state index contributed by atoms with van der Waals surface area (Å²) in [6.07, 6.45) is -3.09. The maximum atomic E-state index is 14.3. The summed E-state index contributed by atoms with van der Waals surface area (Å²) >= 11 is 1.19. The number of amides is 3. The molecule has 1 saturated carbocycles. The van der Waals surface area contributed by atoms with Crippen LogP contribution in [0.2, 0.25) is 0 Å². The van der Waals surface area contributed by atoms with E-state index in [2.05, 4.69) is 30.7 Å². The van der Waals surface area contributed by atoms with Crippen molar-refractivity contribution >= 4 is 50.1 Å². The highest BCUT2D eigenvalue weighted by molar-refractivity contribution is 7.21. The summed E-state index contributed by atoms with van der Waals surface area (Å²) in [5, 5.41) is 7.90. The number of aromatic nitrogens is 2. The number of rotatable bonds is 7. The van der Waals surface area contributed by atoms with Crippen molar-refractivity contribution in [2.75, 3.05) is 16.0 Å². The number of fused-ring (bicyclic) bond motifs is 1. The van der Waals surface area contributed by atoms with Crippen molar-refractivity contribution in [1.29, 1.82) is 0 Å². The number of thiazole rings is 1. The fraction of sp³-hybridized carbons (Fsp3) is 0.167. The van der Waals surface area contributed by atoms with Crippen molar-refractivity contribution in [2.45, 2.75) is 19.2 Å². The molecule has 0 radical (unpaired) electrons. The zero-order valence-corrected chi connectivity index (χ0v) is 20.0. The van der Waals surface area contributed by atoms with Crippen LogP contribution in [0.3, 0.4) is 0 Å². The number of alkyl halides is 3. The molecule has 196 valence electrons. The van der Waals surface area contributed by atoms with E-state index in [0.717, 1.165) is 31.0 Å². The minimum Gasteiger partial charge on any atom is -0.439 e. The van der Waals surface area contributed by atoms with Gasteiger partial charge in [0.2, 0.25) is 11.8 Å². The molecule has 2 heterocycles. The van der Waals surface area contributed by atoms with Gasteiger partial charge in [-0.25, -0.2) is 19.2 Å². The van der Waals surface area contributed by atoms with Gasteiger partial charge in [-0.05, 0) is 55.3 Å². The van der Waals surface area contributed by atoms with E-state index in [1.54, 1.807) is 12.1 Å². The maximum Gasteiger partial charge on any atom is 0.573 e. The molecule has 9 nitrogen and oxygen atoms in total. The molecule has 0 aliphatic heterocycles. The molecule has 0 saturated heterocycles. The molecular formula is C24H17F4N5O4S. The zero-order chi connectivity index (χ0) is 26.9. The standard InChI is InChI=1S/C24H17F4N5O4S/c25-16-8-7-15(11-18(16)30-22(35)29-13-3-5-14(6-4-13)37-24(26,27)28)36-19-10-9-17-21(32-19)38-23(31-17)33-20(34)12-1-2-12/h3-12H,1-2H2,(H2,29,30,35)(H,31,33,34). The average molecular weight is 547 g/mol. The van der Waals surface area contributed by atoms with Crippen LogP contribution in [0, 0.1) is 11.7 Å². The number of halogens is 4. The highest BCUT2D eigenvalue weighted by Crippen LogP contribution is 2.33. The Kier molecular flexibility index (Phi) is 6.72. The van der Waals surface area contributed by atoms with Crippen molar-refractivity contribution in [3.05, 3.63) is 60.4 Å². The lowest BCUT2D eigenvalue weighted by Crippen LogP contribution is -2.20. The quantitative estimate of drug-likeness (QED) is 0.227. The number of hydrogen-bond acceptors (Lipinski definition) is 7. The second-order valence-corrected chi connectivity index (χ2v) is 9.13. The third-order valence-corrected chi connectivity index (χ3v) is 6.04. The fourth-order valence-electron chi connectivity index (χ4n) is 3.27. The minimum absolute atomic E-state index is 0.0376. The van der Waals surface area contributed by atoms with Gasteiger partial charge in [0.05, 0.1) is 5.69 Å². The third-order valence-electron chi connectivity index (χ3n) is 5.16. The van der Waals surface area contributed by atoms with Gasteiger partial charge < -0.3 is 25.4 Å². The predicted molar refractivity (Wildman–Crippen MR) is 131 cm³/mol. The molecule has 2 aromatic carbocycles. The molecule has 14 heteroatoms. The lowest BCUT2D eigenvalue weighted by Gasteiger charge is -2.12. The van der Waals surface area contributed by atoms with Crippen LogP contribution in [-0.4, -0.2) is 28.3 Å². The normalized spacial score (nSPS) is 13.2. The minimum atomic E-state index is -4.84. The number of benzene rings is 2. The predicted octanol–water partition coefficient (Wildman–Crippen LogP) is 6.51. The number of carbonyl (C=O) groups excluding carboxylic acids is 2. The van der Waals surface area contributed by atoms with Gasteiger partial charge in [-0.15, -0.1) is 13.2 Å². The Morgan fingerprint density at radius 1 is 0.921 bits per heavy atom. The van der Waals surface area contributed by atoms with Crippen molar-refractivity contribution < 1.29 is 36.6 Å². The van der Waals surface area contributed by atoms with Crippen molar-refractivity contribution in [3.8, 4) is 17.4 Å².